The molecular weight excluding hydrogens is 636 g/mol. The molecule has 256 valence electrons. The standard InChI is InChI=1S/C31H46N4O9S2/c1-31(2,15-7-16-33-45(3,39)40)21-34(46(41,42)24-12-10-23(32)11-13-24)19-28(36)26(18-22-8-5-4-6-9-22)35(30(37)38)27-20-44-29-25(27)14-17-43-29/h4-6,8-13,25-29,33,36H,7,14-21,32H2,1-3H3,(H,37,38)/p-1/t25-,26-,27-,28+,29+/m0/s1. The Morgan fingerprint density at radius 1 is 1.11 bits per heavy atom. The van der Waals surface area contributed by atoms with Crippen molar-refractivity contribution in [2.24, 2.45) is 11.3 Å². The quantitative estimate of drug-likeness (QED) is 0.170. The number of hydrogen-bond donors (Lipinski definition) is 3. The molecule has 0 saturated carbocycles. The molecule has 2 aliphatic rings. The number of anilines is 1. The van der Waals surface area contributed by atoms with Gasteiger partial charge in [0.1, 0.15) is 6.09 Å². The SMILES string of the molecule is CC(C)(CCCNS(C)(=O)=O)CN(C[C@@H](O)[C@H](Cc1ccccc1)N(C(=O)[O-])[C@H]1CO[C@H]2OCC[C@H]21)S(=O)(=O)c1ccc(N)cc1. The van der Waals surface area contributed by atoms with Crippen LogP contribution in [0.2, 0.25) is 0 Å². The van der Waals surface area contributed by atoms with Crippen molar-refractivity contribution >= 4 is 31.8 Å². The third-order valence-corrected chi connectivity index (χ3v) is 11.1. The second-order valence-corrected chi connectivity index (χ2v) is 16.7. The Bertz CT molecular complexity index is 1520. The lowest BCUT2D eigenvalue weighted by Gasteiger charge is -2.43. The Labute approximate surface area is 271 Å². The fourth-order valence-corrected chi connectivity index (χ4v) is 8.43. The number of carbonyl (C=O) groups excluding carboxylic acids is 1. The Morgan fingerprint density at radius 2 is 1.78 bits per heavy atom. The number of rotatable bonds is 16. The van der Waals surface area contributed by atoms with Crippen molar-refractivity contribution in [2.45, 2.75) is 68.9 Å². The molecule has 0 aromatic heterocycles. The summed E-state index contributed by atoms with van der Waals surface area (Å²) in [6, 6.07) is 13.1. The van der Waals surface area contributed by atoms with Crippen molar-refractivity contribution in [2.75, 3.05) is 44.8 Å². The number of aliphatic hydroxyl groups is 1. The zero-order valence-corrected chi connectivity index (χ0v) is 28.1. The molecule has 2 aromatic carbocycles. The van der Waals surface area contributed by atoms with Gasteiger partial charge in [-0.1, -0.05) is 44.2 Å². The van der Waals surface area contributed by atoms with Crippen LogP contribution < -0.4 is 15.6 Å². The summed E-state index contributed by atoms with van der Waals surface area (Å²) in [7, 11) is -7.59. The van der Waals surface area contributed by atoms with Gasteiger partial charge in [0.25, 0.3) is 0 Å². The Kier molecular flexibility index (Phi) is 11.7. The van der Waals surface area contributed by atoms with Gasteiger partial charge in [-0.2, -0.15) is 4.31 Å². The van der Waals surface area contributed by atoms with Gasteiger partial charge in [0.2, 0.25) is 20.0 Å². The molecule has 1 amide bonds. The maximum atomic E-state index is 14.1. The molecule has 2 heterocycles. The minimum Gasteiger partial charge on any atom is -0.530 e. The maximum Gasteiger partial charge on any atom is 0.243 e. The van der Waals surface area contributed by atoms with Crippen molar-refractivity contribution in [1.29, 1.82) is 0 Å². The zero-order valence-electron chi connectivity index (χ0n) is 26.4. The fraction of sp³-hybridized carbons (Fsp3) is 0.581. The number of fused-ring (bicyclic) bond motifs is 1. The first-order valence-corrected chi connectivity index (χ1v) is 18.7. The second-order valence-electron chi connectivity index (χ2n) is 12.9. The molecule has 4 N–H and O–H groups in total. The van der Waals surface area contributed by atoms with Crippen molar-refractivity contribution in [3.63, 3.8) is 0 Å². The highest BCUT2D eigenvalue weighted by Crippen LogP contribution is 2.36. The van der Waals surface area contributed by atoms with Crippen LogP contribution in [0.5, 0.6) is 0 Å². The Morgan fingerprint density at radius 3 is 2.41 bits per heavy atom. The number of aliphatic hydroxyl groups excluding tert-OH is 1. The number of nitrogen functional groups attached to an aromatic ring is 1. The molecule has 2 aliphatic heterocycles. The van der Waals surface area contributed by atoms with Crippen molar-refractivity contribution in [1.82, 2.24) is 13.9 Å². The summed E-state index contributed by atoms with van der Waals surface area (Å²) in [6.45, 7) is 3.92. The first-order valence-electron chi connectivity index (χ1n) is 15.3. The molecule has 0 spiro atoms. The summed E-state index contributed by atoms with van der Waals surface area (Å²) in [5, 5.41) is 24.7. The molecule has 46 heavy (non-hydrogen) atoms. The van der Waals surface area contributed by atoms with Crippen LogP contribution in [0, 0.1) is 11.3 Å². The molecule has 13 nitrogen and oxygen atoms in total. The van der Waals surface area contributed by atoms with Crippen LogP contribution in [0.1, 0.15) is 38.7 Å². The number of ether oxygens (including phenoxy) is 2. The highest BCUT2D eigenvalue weighted by molar-refractivity contribution is 7.89. The third kappa shape index (κ3) is 9.40. The summed E-state index contributed by atoms with van der Waals surface area (Å²) in [6.07, 6.45) is -0.866. The molecule has 4 rings (SSSR count). The van der Waals surface area contributed by atoms with Crippen LogP contribution in [0.4, 0.5) is 10.5 Å². The number of nitrogens with one attached hydrogen (secondary N) is 1. The van der Waals surface area contributed by atoms with E-state index in [1.165, 1.54) is 28.6 Å². The van der Waals surface area contributed by atoms with Gasteiger partial charge < -0.3 is 35.1 Å². The summed E-state index contributed by atoms with van der Waals surface area (Å²) in [5.74, 6) is -0.252. The van der Waals surface area contributed by atoms with Gasteiger partial charge in [0.05, 0.1) is 42.6 Å². The second kappa shape index (κ2) is 15.0. The smallest absolute Gasteiger partial charge is 0.243 e. The highest BCUT2D eigenvalue weighted by Gasteiger charge is 2.47. The number of hydrogen-bond acceptors (Lipinski definition) is 10. The fourth-order valence-electron chi connectivity index (χ4n) is 6.27. The molecule has 2 aromatic rings. The Hall–Kier alpha value is -2.79. The molecule has 2 saturated heterocycles. The van der Waals surface area contributed by atoms with E-state index in [0.717, 1.165) is 16.7 Å². The molecule has 15 heteroatoms. The van der Waals surface area contributed by atoms with Gasteiger partial charge in [-0.3, -0.25) is 0 Å². The average Bonchev–Trinajstić information content (AvgIpc) is 3.60. The van der Waals surface area contributed by atoms with E-state index in [2.05, 4.69) is 4.72 Å². The summed E-state index contributed by atoms with van der Waals surface area (Å²) >= 11 is 0. The molecular formula is C31H45N4O9S2-. The van der Waals surface area contributed by atoms with E-state index in [1.807, 2.05) is 32.0 Å². The van der Waals surface area contributed by atoms with E-state index < -0.39 is 62.6 Å². The molecule has 5 atom stereocenters. The van der Waals surface area contributed by atoms with E-state index in [-0.39, 0.29) is 36.9 Å². The maximum absolute atomic E-state index is 14.1. The molecule has 0 unspecified atom stereocenters. The zero-order chi connectivity index (χ0) is 33.7. The summed E-state index contributed by atoms with van der Waals surface area (Å²) < 4.78 is 66.2. The van der Waals surface area contributed by atoms with E-state index in [0.29, 0.717) is 31.6 Å². The number of nitrogens with zero attached hydrogens (tertiary/aromatic N) is 2. The van der Waals surface area contributed by atoms with E-state index in [4.69, 9.17) is 15.2 Å². The number of nitrogens with two attached hydrogens (primary N) is 1. The lowest BCUT2D eigenvalue weighted by Crippen LogP contribution is -2.61. The van der Waals surface area contributed by atoms with Crippen LogP contribution in [0.3, 0.4) is 0 Å². The number of amides is 1. The van der Waals surface area contributed by atoms with Gasteiger partial charge in [-0.05, 0) is 60.9 Å². The van der Waals surface area contributed by atoms with Crippen molar-refractivity contribution < 1.29 is 41.3 Å². The minimum absolute atomic E-state index is 0.0325. The highest BCUT2D eigenvalue weighted by atomic mass is 32.2. The lowest BCUT2D eigenvalue weighted by molar-refractivity contribution is -0.273. The Balaban J connectivity index is 1.66. The van der Waals surface area contributed by atoms with Crippen LogP contribution >= 0.6 is 0 Å². The molecule has 0 radical (unpaired) electrons. The molecule has 2 fully saturated rings. The van der Waals surface area contributed by atoms with Crippen molar-refractivity contribution in [3.05, 3.63) is 60.2 Å². The number of carboxylic acid groups (broad SMARTS) is 1. The summed E-state index contributed by atoms with van der Waals surface area (Å²) in [5.41, 5.74) is 6.29. The van der Waals surface area contributed by atoms with Crippen LogP contribution in [0.25, 0.3) is 0 Å². The van der Waals surface area contributed by atoms with E-state index in [1.54, 1.807) is 12.1 Å². The summed E-state index contributed by atoms with van der Waals surface area (Å²) in [4.78, 5) is 13.9. The van der Waals surface area contributed by atoms with Crippen LogP contribution in [0.15, 0.2) is 59.5 Å². The normalized spacial score (nSPS) is 21.6. The average molecular weight is 682 g/mol. The lowest BCUT2D eigenvalue weighted by atomic mass is 9.87. The van der Waals surface area contributed by atoms with Gasteiger partial charge in [-0.25, -0.2) is 21.6 Å². The van der Waals surface area contributed by atoms with Gasteiger partial charge >= 0.3 is 0 Å². The predicted molar refractivity (Wildman–Crippen MR) is 170 cm³/mol. The minimum atomic E-state index is -4.21. The van der Waals surface area contributed by atoms with E-state index >= 15 is 0 Å². The first kappa shape index (κ1) is 36.1. The largest absolute Gasteiger partial charge is 0.530 e. The topological polar surface area (TPSA) is 192 Å². The van der Waals surface area contributed by atoms with Gasteiger partial charge in [0, 0.05) is 31.2 Å². The monoisotopic (exact) mass is 681 g/mol. The number of carbonyl (C=O) groups is 1. The number of benzene rings is 2. The first-order chi connectivity index (χ1) is 21.6. The number of sulfonamides is 2. The third-order valence-electron chi connectivity index (χ3n) is 8.57. The predicted octanol–water partition coefficient (Wildman–Crippen LogP) is 0.994. The van der Waals surface area contributed by atoms with Crippen LogP contribution in [-0.2, 0) is 35.9 Å². The van der Waals surface area contributed by atoms with Crippen LogP contribution in [-0.4, -0.2) is 101 Å². The van der Waals surface area contributed by atoms with Crippen molar-refractivity contribution in [3.8, 4) is 0 Å². The molecule has 0 aliphatic carbocycles. The van der Waals surface area contributed by atoms with E-state index in [9.17, 15) is 31.8 Å². The van der Waals surface area contributed by atoms with Gasteiger partial charge in [-0.15, -0.1) is 0 Å². The molecule has 0 bridgehead atoms. The van der Waals surface area contributed by atoms with Gasteiger partial charge in [0.15, 0.2) is 6.29 Å².